The van der Waals surface area contributed by atoms with Crippen molar-refractivity contribution >= 4 is 29.1 Å². The van der Waals surface area contributed by atoms with Gasteiger partial charge in [-0.05, 0) is 32.0 Å². The molecule has 0 saturated heterocycles. The molecule has 0 bridgehead atoms. The lowest BCUT2D eigenvalue weighted by atomic mass is 10.2. The first-order valence-corrected chi connectivity index (χ1v) is 8.49. The highest BCUT2D eigenvalue weighted by molar-refractivity contribution is 6.08. The molecule has 1 aromatic heterocycles. The predicted molar refractivity (Wildman–Crippen MR) is 101 cm³/mol. The van der Waals surface area contributed by atoms with Gasteiger partial charge in [0.25, 0.3) is 11.8 Å². The number of hydrogen-bond acceptors (Lipinski definition) is 5. The Balaban J connectivity index is 2.00. The molecule has 0 aliphatic heterocycles. The van der Waals surface area contributed by atoms with Crippen molar-refractivity contribution in [1.82, 2.24) is 15.5 Å². The molecular formula is C18H23N5O4. The number of carbonyl (C=O) groups is 3. The van der Waals surface area contributed by atoms with Crippen molar-refractivity contribution in [2.75, 3.05) is 23.8 Å². The Morgan fingerprint density at radius 2 is 1.96 bits per heavy atom. The maximum atomic E-state index is 12.4. The topological polar surface area (TPSA) is 125 Å². The Morgan fingerprint density at radius 3 is 2.67 bits per heavy atom. The molecule has 1 heterocycles. The quantitative estimate of drug-likeness (QED) is 0.525. The van der Waals surface area contributed by atoms with Gasteiger partial charge in [0.05, 0.1) is 18.4 Å². The first-order chi connectivity index (χ1) is 12.9. The zero-order valence-corrected chi connectivity index (χ0v) is 15.5. The molecule has 0 aliphatic rings. The largest absolute Gasteiger partial charge is 0.377 e. The summed E-state index contributed by atoms with van der Waals surface area (Å²) >= 11 is 0. The molecule has 0 radical (unpaired) electrons. The summed E-state index contributed by atoms with van der Waals surface area (Å²) in [5.74, 6) is -1.09. The molecule has 2 aromatic rings. The van der Waals surface area contributed by atoms with Gasteiger partial charge in [0.2, 0.25) is 5.91 Å². The van der Waals surface area contributed by atoms with Gasteiger partial charge in [-0.1, -0.05) is 6.07 Å². The fourth-order valence-electron chi connectivity index (χ4n) is 2.24. The molecule has 0 atom stereocenters. The van der Waals surface area contributed by atoms with Gasteiger partial charge in [-0.15, -0.1) is 0 Å². The maximum absolute atomic E-state index is 12.4. The van der Waals surface area contributed by atoms with Crippen LogP contribution in [0.15, 0.2) is 30.5 Å². The van der Waals surface area contributed by atoms with E-state index in [0.717, 1.165) is 0 Å². The lowest BCUT2D eigenvalue weighted by Gasteiger charge is -2.09. The van der Waals surface area contributed by atoms with Crippen LogP contribution in [0.1, 0.15) is 41.6 Å². The number of nitrogens with zero attached hydrogens (tertiary/aromatic N) is 1. The number of amides is 3. The Bertz CT molecular complexity index is 816. The number of aromatic amines is 1. The van der Waals surface area contributed by atoms with E-state index in [9.17, 15) is 14.4 Å². The molecule has 3 amide bonds. The van der Waals surface area contributed by atoms with Crippen molar-refractivity contribution < 1.29 is 19.1 Å². The molecule has 1 aromatic carbocycles. The van der Waals surface area contributed by atoms with E-state index in [-0.39, 0.29) is 23.4 Å². The van der Waals surface area contributed by atoms with Crippen LogP contribution in [0.5, 0.6) is 0 Å². The first-order valence-electron chi connectivity index (χ1n) is 8.49. The van der Waals surface area contributed by atoms with Gasteiger partial charge in [0.15, 0.2) is 5.69 Å². The molecule has 0 fully saturated rings. The Morgan fingerprint density at radius 1 is 1.19 bits per heavy atom. The van der Waals surface area contributed by atoms with Crippen LogP contribution in [0.25, 0.3) is 0 Å². The molecule has 0 unspecified atom stereocenters. The van der Waals surface area contributed by atoms with Crippen LogP contribution in [0, 0.1) is 0 Å². The highest BCUT2D eigenvalue weighted by Gasteiger charge is 2.17. The summed E-state index contributed by atoms with van der Waals surface area (Å²) in [6.45, 7) is 5.91. The van der Waals surface area contributed by atoms with Crippen molar-refractivity contribution in [3.63, 3.8) is 0 Å². The minimum absolute atomic E-state index is 0.0749. The SMILES string of the molecule is CC(=O)Nc1cccc(C(=O)Nc2c[nH]nc2C(=O)NCCOC(C)C)c1. The van der Waals surface area contributed by atoms with Crippen molar-refractivity contribution in [1.29, 1.82) is 0 Å². The number of rotatable bonds is 8. The monoisotopic (exact) mass is 373 g/mol. The normalized spacial score (nSPS) is 10.5. The van der Waals surface area contributed by atoms with Crippen molar-refractivity contribution in [3.05, 3.63) is 41.7 Å². The summed E-state index contributed by atoms with van der Waals surface area (Å²) in [6, 6.07) is 6.47. The highest BCUT2D eigenvalue weighted by Crippen LogP contribution is 2.15. The van der Waals surface area contributed by atoms with Crippen molar-refractivity contribution in [2.24, 2.45) is 0 Å². The number of hydrogen-bond donors (Lipinski definition) is 4. The molecule has 2 rings (SSSR count). The van der Waals surface area contributed by atoms with E-state index in [1.54, 1.807) is 24.3 Å². The van der Waals surface area contributed by atoms with Crippen LogP contribution >= 0.6 is 0 Å². The molecule has 27 heavy (non-hydrogen) atoms. The second kappa shape index (κ2) is 9.48. The maximum Gasteiger partial charge on any atom is 0.274 e. The third kappa shape index (κ3) is 6.23. The van der Waals surface area contributed by atoms with E-state index in [2.05, 4.69) is 26.1 Å². The molecule has 9 heteroatoms. The van der Waals surface area contributed by atoms with E-state index >= 15 is 0 Å². The van der Waals surface area contributed by atoms with Crippen LogP contribution < -0.4 is 16.0 Å². The number of carbonyl (C=O) groups excluding carboxylic acids is 3. The summed E-state index contributed by atoms with van der Waals surface area (Å²) < 4.78 is 5.36. The van der Waals surface area contributed by atoms with Gasteiger partial charge >= 0.3 is 0 Å². The van der Waals surface area contributed by atoms with E-state index in [4.69, 9.17) is 4.74 Å². The van der Waals surface area contributed by atoms with Crippen molar-refractivity contribution in [3.8, 4) is 0 Å². The zero-order chi connectivity index (χ0) is 19.8. The average molecular weight is 373 g/mol. The smallest absolute Gasteiger partial charge is 0.274 e. The van der Waals surface area contributed by atoms with Gasteiger partial charge in [-0.25, -0.2) is 0 Å². The summed E-state index contributed by atoms with van der Waals surface area (Å²) in [6.07, 6.45) is 1.50. The molecule has 144 valence electrons. The summed E-state index contributed by atoms with van der Waals surface area (Å²) in [7, 11) is 0. The summed E-state index contributed by atoms with van der Waals surface area (Å²) in [5.41, 5.74) is 1.17. The van der Waals surface area contributed by atoms with Crippen LogP contribution in [-0.4, -0.2) is 47.2 Å². The molecule has 0 spiro atoms. The zero-order valence-electron chi connectivity index (χ0n) is 15.5. The standard InChI is InChI=1S/C18H23N5O4/c1-11(2)27-8-7-19-18(26)16-15(10-20-23-16)22-17(25)13-5-4-6-14(9-13)21-12(3)24/h4-6,9-11H,7-8H2,1-3H3,(H,19,26)(H,20,23)(H,21,24)(H,22,25). The summed E-state index contributed by atoms with van der Waals surface area (Å²) in [5, 5.41) is 14.4. The third-order valence-electron chi connectivity index (χ3n) is 3.39. The second-order valence-electron chi connectivity index (χ2n) is 6.04. The minimum atomic E-state index is -0.430. The first kappa shape index (κ1) is 20.1. The van der Waals surface area contributed by atoms with Crippen LogP contribution in [-0.2, 0) is 9.53 Å². The van der Waals surface area contributed by atoms with E-state index in [0.29, 0.717) is 24.4 Å². The van der Waals surface area contributed by atoms with Gasteiger partial charge in [0.1, 0.15) is 0 Å². The van der Waals surface area contributed by atoms with E-state index < -0.39 is 11.8 Å². The molecular weight excluding hydrogens is 350 g/mol. The minimum Gasteiger partial charge on any atom is -0.377 e. The fraction of sp³-hybridized carbons (Fsp3) is 0.333. The van der Waals surface area contributed by atoms with E-state index in [1.807, 2.05) is 13.8 Å². The number of benzene rings is 1. The molecule has 0 aliphatic carbocycles. The van der Waals surface area contributed by atoms with Crippen LogP contribution in [0.3, 0.4) is 0 Å². The average Bonchev–Trinajstić information content (AvgIpc) is 3.06. The highest BCUT2D eigenvalue weighted by atomic mass is 16.5. The van der Waals surface area contributed by atoms with Gasteiger partial charge in [-0.3, -0.25) is 19.5 Å². The lowest BCUT2D eigenvalue weighted by Crippen LogP contribution is -2.29. The Kier molecular flexibility index (Phi) is 7.07. The number of H-pyrrole nitrogens is 1. The molecule has 0 saturated carbocycles. The van der Waals surface area contributed by atoms with Crippen LogP contribution in [0.4, 0.5) is 11.4 Å². The molecule has 4 N–H and O–H groups in total. The predicted octanol–water partition coefficient (Wildman–Crippen LogP) is 1.78. The van der Waals surface area contributed by atoms with Gasteiger partial charge in [0, 0.05) is 30.9 Å². The molecule has 9 nitrogen and oxygen atoms in total. The van der Waals surface area contributed by atoms with Crippen LogP contribution in [0.2, 0.25) is 0 Å². The Hall–Kier alpha value is -3.20. The number of ether oxygens (including phenoxy) is 1. The fourth-order valence-corrected chi connectivity index (χ4v) is 2.24. The Labute approximate surface area is 156 Å². The van der Waals surface area contributed by atoms with Gasteiger partial charge < -0.3 is 20.7 Å². The number of aromatic nitrogens is 2. The summed E-state index contributed by atoms with van der Waals surface area (Å²) in [4.78, 5) is 35.8. The van der Waals surface area contributed by atoms with Crippen molar-refractivity contribution in [2.45, 2.75) is 26.9 Å². The van der Waals surface area contributed by atoms with E-state index in [1.165, 1.54) is 13.1 Å². The lowest BCUT2D eigenvalue weighted by molar-refractivity contribution is -0.114. The number of anilines is 2. The third-order valence-corrected chi connectivity index (χ3v) is 3.39. The second-order valence-corrected chi connectivity index (χ2v) is 6.04. The van der Waals surface area contributed by atoms with Gasteiger partial charge in [-0.2, -0.15) is 5.10 Å². The number of nitrogens with one attached hydrogen (secondary N) is 4.